The first-order valence-corrected chi connectivity index (χ1v) is 18.9. The number of carbonyl (C=O) groups excluding carboxylic acids is 1. The van der Waals surface area contributed by atoms with Crippen LogP contribution < -0.4 is 4.74 Å². The van der Waals surface area contributed by atoms with Gasteiger partial charge in [0.05, 0.1) is 5.41 Å². The van der Waals surface area contributed by atoms with Crippen LogP contribution in [0.2, 0.25) is 0 Å². The molecule has 6 nitrogen and oxygen atoms in total. The molecule has 48 heavy (non-hydrogen) atoms. The van der Waals surface area contributed by atoms with Gasteiger partial charge in [0.1, 0.15) is 11.5 Å². The molecule has 4 aliphatic carbocycles. The minimum atomic E-state index is -6.39. The molecule has 0 N–H and O–H groups in total. The van der Waals surface area contributed by atoms with Gasteiger partial charge in [-0.05, 0) is 86.6 Å². The molecule has 0 radical (unpaired) electrons. The molecule has 1 heterocycles. The molecule has 4 bridgehead atoms. The van der Waals surface area contributed by atoms with E-state index in [0.717, 1.165) is 25.3 Å². The van der Waals surface area contributed by atoms with Crippen molar-refractivity contribution in [2.75, 3.05) is 23.9 Å². The van der Waals surface area contributed by atoms with Crippen LogP contribution in [-0.2, 0) is 23.3 Å². The lowest BCUT2D eigenvalue weighted by Gasteiger charge is -2.55. The molecule has 5 aliphatic rings. The molecule has 17 heteroatoms. The Labute approximate surface area is 272 Å². The third kappa shape index (κ3) is 6.47. The van der Waals surface area contributed by atoms with Crippen LogP contribution in [0.5, 0.6) is 5.75 Å². The van der Waals surface area contributed by atoms with E-state index >= 15 is 0 Å². The minimum Gasteiger partial charge on any atom is -0.483 e. The highest BCUT2D eigenvalue weighted by Crippen LogP contribution is 2.65. The number of hydrogen-bond donors (Lipinski definition) is 0. The van der Waals surface area contributed by atoms with E-state index in [0.29, 0.717) is 12.8 Å². The lowest BCUT2D eigenvalue weighted by molar-refractivity contribution is -0.364. The number of esters is 1. The number of carbonyl (C=O) groups is 1. The van der Waals surface area contributed by atoms with Crippen molar-refractivity contribution in [3.63, 3.8) is 0 Å². The summed E-state index contributed by atoms with van der Waals surface area (Å²) in [6.45, 7) is -1.64. The van der Waals surface area contributed by atoms with Gasteiger partial charge in [0.25, 0.3) is 10.1 Å². The van der Waals surface area contributed by atoms with Crippen LogP contribution in [0.25, 0.3) is 10.8 Å². The summed E-state index contributed by atoms with van der Waals surface area (Å²) in [5, 5.41) is 0.291. The molecule has 0 unspecified atom stereocenters. The zero-order valence-corrected chi connectivity index (χ0v) is 27.0. The lowest BCUT2D eigenvalue weighted by Crippen LogP contribution is -2.65. The molecule has 0 amide bonds. The largest absolute Gasteiger partial charge is 0.483 e. The molecule has 0 aromatic heterocycles. The van der Waals surface area contributed by atoms with Gasteiger partial charge in [-0.3, -0.25) is 4.79 Å². The maximum absolute atomic E-state index is 14.7. The third-order valence-corrected chi connectivity index (χ3v) is 15.8. The second-order valence-corrected chi connectivity index (χ2v) is 18.4. The smallest absolute Gasteiger partial charge is 0.438 e. The van der Waals surface area contributed by atoms with Gasteiger partial charge in [-0.1, -0.05) is 34.6 Å². The molecule has 0 spiro atoms. The number of rotatable bonds is 9. The summed E-state index contributed by atoms with van der Waals surface area (Å²) < 4.78 is 169. The number of fused-ring (bicyclic) bond motifs is 1. The van der Waals surface area contributed by atoms with Gasteiger partial charge in [-0.25, -0.2) is 3.63 Å². The fraction of sp³-hybridized carbons (Fsp3) is 0.645. The van der Waals surface area contributed by atoms with E-state index in [-0.39, 0.29) is 69.9 Å². The van der Waals surface area contributed by atoms with E-state index in [1.165, 1.54) is 30.3 Å². The second kappa shape index (κ2) is 11.8. The van der Waals surface area contributed by atoms with Crippen LogP contribution in [0.4, 0.5) is 39.5 Å². The van der Waals surface area contributed by atoms with Crippen LogP contribution in [0.15, 0.2) is 41.3 Å². The Bertz CT molecular complexity index is 1610. The Morgan fingerprint density at radius 1 is 0.792 bits per heavy atom. The summed E-state index contributed by atoms with van der Waals surface area (Å²) in [6, 6.07) is 8.15. The summed E-state index contributed by atoms with van der Waals surface area (Å²) in [4.78, 5) is 13.6. The van der Waals surface area contributed by atoms with Crippen molar-refractivity contribution in [1.29, 1.82) is 0 Å². The third-order valence-electron chi connectivity index (χ3n) is 10.1. The quantitative estimate of drug-likeness (QED) is 0.190. The molecule has 1 saturated heterocycles. The second-order valence-electron chi connectivity index (χ2n) is 13.6. The summed E-state index contributed by atoms with van der Waals surface area (Å²) in [5.74, 6) is -4.88. The Morgan fingerprint density at radius 3 is 1.81 bits per heavy atom. The van der Waals surface area contributed by atoms with Gasteiger partial charge < -0.3 is 9.47 Å². The van der Waals surface area contributed by atoms with Gasteiger partial charge in [-0.15, -0.1) is 0 Å². The average Bonchev–Trinajstić information content (AvgIpc) is 3.41. The molecule has 4 saturated carbocycles. The SMILES string of the molecule is O=C(OC(CS(=O)(=O)OS1(c2ccc(OCC(F)(F)F)c3ccccc23)CCCC1)(C(F)(F)F)C(F)(F)F)C12CC3CC(CC(C3)C1)C2. The highest BCUT2D eigenvalue weighted by Gasteiger charge is 2.77. The zero-order chi connectivity index (χ0) is 35.0. The predicted molar refractivity (Wildman–Crippen MR) is 157 cm³/mol. The summed E-state index contributed by atoms with van der Waals surface area (Å²) in [5.41, 5.74) is -6.97. The topological polar surface area (TPSA) is 78.9 Å². The van der Waals surface area contributed by atoms with Crippen molar-refractivity contribution in [2.24, 2.45) is 23.2 Å². The summed E-state index contributed by atoms with van der Waals surface area (Å²) >= 11 is 0. The lowest BCUT2D eigenvalue weighted by atomic mass is 9.49. The van der Waals surface area contributed by atoms with E-state index in [9.17, 15) is 52.7 Å². The number of alkyl halides is 9. The van der Waals surface area contributed by atoms with Crippen LogP contribution in [0.3, 0.4) is 0 Å². The Hall–Kier alpha value is -2.40. The van der Waals surface area contributed by atoms with Crippen molar-refractivity contribution in [1.82, 2.24) is 0 Å². The van der Waals surface area contributed by atoms with E-state index in [4.69, 9.17) is 8.37 Å². The molecule has 7 rings (SSSR count). The number of benzene rings is 2. The van der Waals surface area contributed by atoms with Crippen LogP contribution >= 0.6 is 10.3 Å². The molecule has 5 fully saturated rings. The van der Waals surface area contributed by atoms with Crippen molar-refractivity contribution in [3.8, 4) is 5.75 Å². The molecule has 1 aliphatic heterocycles. The van der Waals surface area contributed by atoms with Gasteiger partial charge in [-0.2, -0.15) is 47.9 Å². The maximum atomic E-state index is 14.7. The van der Waals surface area contributed by atoms with Crippen molar-refractivity contribution in [2.45, 2.75) is 80.4 Å². The fourth-order valence-electron chi connectivity index (χ4n) is 8.52. The normalized spacial score (nSPS) is 28.1. The molecule has 268 valence electrons. The number of hydrogen-bond acceptors (Lipinski definition) is 6. The standard InChI is InChI=1S/C31H33F9O6S2/c32-29(33,34)17-44-24-7-8-25(23-6-2-1-5-22(23)24)47(9-3-4-10-47)46-48(42,43)18-28(30(35,36)37,31(38,39)40)45-26(41)27-14-19-11-20(15-27)13-21(12-19)16-27/h1-2,5-8,19-21H,3-4,9-18H2. The number of halogens is 9. The summed E-state index contributed by atoms with van der Waals surface area (Å²) in [6.07, 6.45) is -14.4. The van der Waals surface area contributed by atoms with Crippen molar-refractivity contribution in [3.05, 3.63) is 36.4 Å². The first-order valence-electron chi connectivity index (χ1n) is 15.5. The van der Waals surface area contributed by atoms with Gasteiger partial charge in [0.2, 0.25) is 0 Å². The number of ether oxygens (including phenoxy) is 2. The average molecular weight is 737 g/mol. The maximum Gasteiger partial charge on any atom is 0.438 e. The molecule has 2 aromatic carbocycles. The van der Waals surface area contributed by atoms with Gasteiger partial charge in [0.15, 0.2) is 6.61 Å². The zero-order valence-electron chi connectivity index (χ0n) is 25.3. The highest BCUT2D eigenvalue weighted by molar-refractivity contribution is 8.33. The minimum absolute atomic E-state index is 0.0343. The monoisotopic (exact) mass is 736 g/mol. The van der Waals surface area contributed by atoms with E-state index in [1.54, 1.807) is 0 Å². The Kier molecular flexibility index (Phi) is 8.74. The van der Waals surface area contributed by atoms with E-state index in [2.05, 4.69) is 4.74 Å². The molecule has 0 atom stereocenters. The van der Waals surface area contributed by atoms with Crippen LogP contribution in [-0.4, -0.2) is 62.4 Å². The molecular weight excluding hydrogens is 703 g/mol. The molecular formula is C31H33F9O6S2. The van der Waals surface area contributed by atoms with Crippen molar-refractivity contribution < 1.29 is 65.8 Å². The van der Waals surface area contributed by atoms with E-state index in [1.807, 2.05) is 0 Å². The molecule has 2 aromatic rings. The predicted octanol–water partition coefficient (Wildman–Crippen LogP) is 8.62. The van der Waals surface area contributed by atoms with Crippen molar-refractivity contribution >= 4 is 37.2 Å². The van der Waals surface area contributed by atoms with Crippen LogP contribution in [0, 0.1) is 23.2 Å². The first kappa shape index (κ1) is 35.4. The Morgan fingerprint density at radius 2 is 1.31 bits per heavy atom. The van der Waals surface area contributed by atoms with E-state index < -0.39 is 68.3 Å². The fourth-order valence-corrected chi connectivity index (χ4v) is 14.9. The van der Waals surface area contributed by atoms with Crippen LogP contribution in [0.1, 0.15) is 51.4 Å². The Balaban J connectivity index is 1.35. The van der Waals surface area contributed by atoms with Gasteiger partial charge in [0, 0.05) is 21.8 Å². The summed E-state index contributed by atoms with van der Waals surface area (Å²) in [7, 11) is -8.92. The first-order chi connectivity index (χ1) is 22.2. The highest BCUT2D eigenvalue weighted by atomic mass is 32.3. The van der Waals surface area contributed by atoms with Gasteiger partial charge >= 0.3 is 30.1 Å².